The quantitative estimate of drug-likeness (QED) is 0.696. The van der Waals surface area contributed by atoms with Gasteiger partial charge in [0, 0.05) is 5.56 Å². The van der Waals surface area contributed by atoms with Crippen LogP contribution in [-0.4, -0.2) is 9.67 Å². The second kappa shape index (κ2) is 7.67. The number of nitriles is 1. The maximum atomic E-state index is 12.9. The lowest BCUT2D eigenvalue weighted by molar-refractivity contribution is 0.412. The van der Waals surface area contributed by atoms with E-state index in [1.807, 2.05) is 61.5 Å². The van der Waals surface area contributed by atoms with E-state index in [0.717, 1.165) is 15.7 Å². The summed E-state index contributed by atoms with van der Waals surface area (Å²) in [4.78, 5) is 12.9. The molecule has 1 aromatic heterocycles. The van der Waals surface area contributed by atoms with Gasteiger partial charge in [0.15, 0.2) is 5.69 Å². The van der Waals surface area contributed by atoms with Gasteiger partial charge in [-0.1, -0.05) is 48.5 Å². The molecule has 0 aliphatic rings. The molecular weight excluding hydrogens is 340 g/mol. The summed E-state index contributed by atoms with van der Waals surface area (Å²) in [7, 11) is 0. The minimum Gasteiger partial charge on any atom is -0.493 e. The van der Waals surface area contributed by atoms with Crippen LogP contribution in [0, 0.1) is 25.2 Å². The van der Waals surface area contributed by atoms with Crippen molar-refractivity contribution in [3.63, 3.8) is 0 Å². The van der Waals surface area contributed by atoms with Gasteiger partial charge in [0.1, 0.15) is 11.6 Å². The summed E-state index contributed by atoms with van der Waals surface area (Å²) < 4.78 is 1.15. The third-order valence-electron chi connectivity index (χ3n) is 4.33. The first kappa shape index (κ1) is 18.1. The predicted octanol–water partition coefficient (Wildman–Crippen LogP) is 4.51. The highest BCUT2D eigenvalue weighted by Gasteiger charge is 2.19. The molecule has 0 aliphatic carbocycles. The molecule has 1 N–H and O–H groups in total. The Morgan fingerprint density at radius 1 is 1.04 bits per heavy atom. The summed E-state index contributed by atoms with van der Waals surface area (Å²) in [6.07, 6.45) is 0. The fourth-order valence-corrected chi connectivity index (χ4v) is 2.75. The van der Waals surface area contributed by atoms with Gasteiger partial charge in [0.2, 0.25) is 5.88 Å². The van der Waals surface area contributed by atoms with Crippen LogP contribution < -0.4 is 5.56 Å². The number of hydrogen-bond donors (Lipinski definition) is 1. The third-order valence-corrected chi connectivity index (χ3v) is 4.33. The number of hydrogen-bond acceptors (Lipinski definition) is 5. The third kappa shape index (κ3) is 3.62. The molecule has 2 aromatic carbocycles. The van der Waals surface area contributed by atoms with Crippen molar-refractivity contribution < 1.29 is 5.11 Å². The number of aryl methyl sites for hydroxylation is 1. The lowest BCUT2D eigenvalue weighted by Gasteiger charge is -2.13. The van der Waals surface area contributed by atoms with Gasteiger partial charge in [-0.15, -0.1) is 5.11 Å². The fourth-order valence-electron chi connectivity index (χ4n) is 2.75. The molecule has 3 aromatic rings. The first-order valence-electron chi connectivity index (χ1n) is 8.40. The van der Waals surface area contributed by atoms with Gasteiger partial charge in [-0.3, -0.25) is 9.36 Å². The van der Waals surface area contributed by atoms with Gasteiger partial charge < -0.3 is 5.11 Å². The highest BCUT2D eigenvalue weighted by molar-refractivity contribution is 5.57. The lowest BCUT2D eigenvalue weighted by Crippen LogP contribution is -2.22. The summed E-state index contributed by atoms with van der Waals surface area (Å²) >= 11 is 0. The Balaban J connectivity index is 2.14. The van der Waals surface area contributed by atoms with Crippen LogP contribution >= 0.6 is 0 Å². The molecule has 0 saturated heterocycles. The van der Waals surface area contributed by atoms with Crippen LogP contribution in [0.1, 0.15) is 22.3 Å². The van der Waals surface area contributed by atoms with E-state index in [-0.39, 0.29) is 23.7 Å². The number of aromatic nitrogens is 1. The van der Waals surface area contributed by atoms with Crippen LogP contribution in [0.25, 0.3) is 0 Å². The Kier molecular flexibility index (Phi) is 5.13. The first-order chi connectivity index (χ1) is 13.0. The van der Waals surface area contributed by atoms with Crippen molar-refractivity contribution in [2.24, 2.45) is 10.2 Å². The Bertz CT molecular complexity index is 1110. The topological polar surface area (TPSA) is 90.7 Å². The van der Waals surface area contributed by atoms with Crippen molar-refractivity contribution in [3.8, 4) is 11.9 Å². The summed E-state index contributed by atoms with van der Waals surface area (Å²) in [5.74, 6) is -0.362. The van der Waals surface area contributed by atoms with Crippen LogP contribution in [0.5, 0.6) is 5.88 Å². The molecule has 6 heteroatoms. The van der Waals surface area contributed by atoms with Crippen LogP contribution in [-0.2, 0) is 6.54 Å². The summed E-state index contributed by atoms with van der Waals surface area (Å²) in [6.45, 7) is 3.61. The highest BCUT2D eigenvalue weighted by atomic mass is 16.3. The van der Waals surface area contributed by atoms with Crippen molar-refractivity contribution in [3.05, 3.63) is 87.2 Å². The largest absolute Gasteiger partial charge is 0.493 e. The van der Waals surface area contributed by atoms with E-state index in [2.05, 4.69) is 10.2 Å². The van der Waals surface area contributed by atoms with E-state index in [0.29, 0.717) is 11.3 Å². The predicted molar refractivity (Wildman–Crippen MR) is 103 cm³/mol. The van der Waals surface area contributed by atoms with E-state index >= 15 is 0 Å². The molecule has 0 fully saturated rings. The lowest BCUT2D eigenvalue weighted by atomic mass is 10.1. The SMILES string of the molecule is Cc1ccccc1N=Nc1c(C)c(C#N)c(O)n(Cc2ccccc2)c1=O. The van der Waals surface area contributed by atoms with Crippen molar-refractivity contribution in [1.82, 2.24) is 4.57 Å². The number of rotatable bonds is 4. The maximum absolute atomic E-state index is 12.9. The number of pyridine rings is 1. The molecule has 0 saturated carbocycles. The zero-order valence-corrected chi connectivity index (χ0v) is 15.0. The van der Waals surface area contributed by atoms with E-state index < -0.39 is 5.56 Å². The van der Waals surface area contributed by atoms with Gasteiger partial charge in [0.25, 0.3) is 5.56 Å². The Labute approximate surface area is 156 Å². The number of azo groups is 1. The number of benzene rings is 2. The fraction of sp³-hybridized carbons (Fsp3) is 0.143. The Morgan fingerprint density at radius 2 is 1.70 bits per heavy atom. The van der Waals surface area contributed by atoms with Crippen LogP contribution in [0.4, 0.5) is 11.4 Å². The van der Waals surface area contributed by atoms with Gasteiger partial charge in [-0.2, -0.15) is 10.4 Å². The second-order valence-electron chi connectivity index (χ2n) is 6.15. The smallest absolute Gasteiger partial charge is 0.281 e. The Hall–Kier alpha value is -3.72. The molecule has 0 radical (unpaired) electrons. The van der Waals surface area contributed by atoms with E-state index in [4.69, 9.17) is 0 Å². The van der Waals surface area contributed by atoms with Gasteiger partial charge in [0.05, 0.1) is 12.2 Å². The van der Waals surface area contributed by atoms with Crippen molar-refractivity contribution in [2.45, 2.75) is 20.4 Å². The van der Waals surface area contributed by atoms with Gasteiger partial charge in [-0.05, 0) is 31.0 Å². The molecule has 0 unspecified atom stereocenters. The first-order valence-corrected chi connectivity index (χ1v) is 8.40. The zero-order chi connectivity index (χ0) is 19.4. The molecule has 0 atom stereocenters. The zero-order valence-electron chi connectivity index (χ0n) is 15.0. The maximum Gasteiger partial charge on any atom is 0.281 e. The molecule has 0 bridgehead atoms. The molecule has 1 heterocycles. The van der Waals surface area contributed by atoms with Crippen molar-refractivity contribution >= 4 is 11.4 Å². The summed E-state index contributed by atoms with van der Waals surface area (Å²) in [6, 6.07) is 18.6. The average Bonchev–Trinajstić information content (AvgIpc) is 2.67. The molecule has 3 rings (SSSR count). The van der Waals surface area contributed by atoms with Gasteiger partial charge in [-0.25, -0.2) is 0 Å². The minimum atomic E-state index is -0.495. The standard InChI is InChI=1S/C21H18N4O2/c1-14-8-6-7-11-18(14)23-24-19-15(2)17(12-22)20(26)25(21(19)27)13-16-9-4-3-5-10-16/h3-11,26H,13H2,1-2H3. The second-order valence-corrected chi connectivity index (χ2v) is 6.15. The molecular formula is C21H18N4O2. The summed E-state index contributed by atoms with van der Waals surface area (Å²) in [5, 5.41) is 28.2. The average molecular weight is 358 g/mol. The van der Waals surface area contributed by atoms with Crippen LogP contribution in [0.3, 0.4) is 0 Å². The summed E-state index contributed by atoms with van der Waals surface area (Å²) in [5.41, 5.74) is 2.25. The monoisotopic (exact) mass is 358 g/mol. The number of nitrogens with zero attached hydrogens (tertiary/aromatic N) is 4. The molecule has 27 heavy (non-hydrogen) atoms. The minimum absolute atomic E-state index is 0.0178. The van der Waals surface area contributed by atoms with E-state index in [1.54, 1.807) is 13.0 Å². The van der Waals surface area contributed by atoms with E-state index in [9.17, 15) is 15.2 Å². The molecule has 0 spiro atoms. The molecule has 0 amide bonds. The van der Waals surface area contributed by atoms with Crippen LogP contribution in [0.2, 0.25) is 0 Å². The Morgan fingerprint density at radius 3 is 2.37 bits per heavy atom. The van der Waals surface area contributed by atoms with Crippen LogP contribution in [0.15, 0.2) is 69.6 Å². The molecule has 134 valence electrons. The normalized spacial score (nSPS) is 10.9. The van der Waals surface area contributed by atoms with Gasteiger partial charge >= 0.3 is 0 Å². The number of aromatic hydroxyl groups is 1. The molecule has 0 aliphatic heterocycles. The molecule has 6 nitrogen and oxygen atoms in total. The van der Waals surface area contributed by atoms with E-state index in [1.165, 1.54) is 0 Å². The van der Waals surface area contributed by atoms with Crippen molar-refractivity contribution in [2.75, 3.05) is 0 Å². The highest BCUT2D eigenvalue weighted by Crippen LogP contribution is 2.28. The van der Waals surface area contributed by atoms with Crippen molar-refractivity contribution in [1.29, 1.82) is 5.26 Å².